The second-order valence-electron chi connectivity index (χ2n) is 15.1. The van der Waals surface area contributed by atoms with Gasteiger partial charge in [-0.3, -0.25) is 29.3 Å². The Morgan fingerprint density at radius 1 is 0.772 bits per heavy atom. The molecule has 14 nitrogen and oxygen atoms in total. The Morgan fingerprint density at radius 2 is 1.44 bits per heavy atom. The number of carboxylic acids is 1. The molecule has 6 rings (SSSR count). The van der Waals surface area contributed by atoms with Crippen molar-refractivity contribution in [1.29, 1.82) is 0 Å². The summed E-state index contributed by atoms with van der Waals surface area (Å²) in [6, 6.07) is 22.7. The van der Waals surface area contributed by atoms with Crippen LogP contribution in [-0.2, 0) is 48.0 Å². The van der Waals surface area contributed by atoms with Gasteiger partial charge < -0.3 is 36.1 Å². The average Bonchev–Trinajstić information content (AvgIpc) is 3.58. The number of hydrogen-bond donors (Lipinski definition) is 7. The number of carbonyl (C=O) groups excluding carboxylic acids is 5. The van der Waals surface area contributed by atoms with E-state index < -0.39 is 71.9 Å². The topological polar surface area (TPSA) is 208 Å². The van der Waals surface area contributed by atoms with E-state index in [1.165, 1.54) is 0 Å². The Kier molecular flexibility index (Phi) is 12.3. The number of aromatic amines is 1. The molecule has 1 aliphatic rings. The SMILES string of the molecule is CC(C)(C)OC(=O)N[C@@H](Cc1c[nH]c2ccccc12)C(=O)N[C@@H](Cc1ccc2ccccc2c1)C(=O)N[C@@H](CC(=O)O)C(=O)NC(=O)C1NCCc2ccccc21. The van der Waals surface area contributed by atoms with E-state index in [4.69, 9.17) is 4.74 Å². The zero-order valence-electron chi connectivity index (χ0n) is 31.9. The van der Waals surface area contributed by atoms with Crippen molar-refractivity contribution < 1.29 is 38.6 Å². The van der Waals surface area contributed by atoms with Crippen LogP contribution in [0.3, 0.4) is 0 Å². The van der Waals surface area contributed by atoms with Gasteiger partial charge in [0, 0.05) is 36.5 Å². The molecule has 0 bridgehead atoms. The molecule has 0 fully saturated rings. The number of nitrogens with one attached hydrogen (secondary N) is 6. The number of fused-ring (bicyclic) bond motifs is 3. The van der Waals surface area contributed by atoms with Crippen LogP contribution >= 0.6 is 0 Å². The lowest BCUT2D eigenvalue weighted by atomic mass is 9.94. The first-order valence-corrected chi connectivity index (χ1v) is 18.7. The Bertz CT molecular complexity index is 2310. The number of amides is 5. The molecule has 1 unspecified atom stereocenters. The Balaban J connectivity index is 1.26. The third kappa shape index (κ3) is 10.4. The van der Waals surface area contributed by atoms with Crippen molar-refractivity contribution in [3.63, 3.8) is 0 Å². The molecular formula is C43H46N6O8. The van der Waals surface area contributed by atoms with Gasteiger partial charge in [-0.05, 0) is 66.3 Å². The van der Waals surface area contributed by atoms with E-state index in [0.29, 0.717) is 24.1 Å². The number of H-pyrrole nitrogens is 1. The maximum absolute atomic E-state index is 14.2. The number of imide groups is 1. The third-order valence-electron chi connectivity index (χ3n) is 9.62. The van der Waals surface area contributed by atoms with Gasteiger partial charge in [-0.15, -0.1) is 0 Å². The number of alkyl carbamates (subject to hydrolysis) is 1. The highest BCUT2D eigenvalue weighted by atomic mass is 16.6. The van der Waals surface area contributed by atoms with Gasteiger partial charge in [-0.2, -0.15) is 0 Å². The molecule has 4 atom stereocenters. The first-order valence-electron chi connectivity index (χ1n) is 18.7. The number of hydrogen-bond acceptors (Lipinski definition) is 8. The zero-order chi connectivity index (χ0) is 40.7. The van der Waals surface area contributed by atoms with Crippen molar-refractivity contribution >= 4 is 57.4 Å². The van der Waals surface area contributed by atoms with E-state index in [-0.39, 0.29) is 12.8 Å². The average molecular weight is 775 g/mol. The molecule has 0 aliphatic carbocycles. The highest BCUT2D eigenvalue weighted by Gasteiger charge is 2.34. The fourth-order valence-electron chi connectivity index (χ4n) is 6.94. The van der Waals surface area contributed by atoms with E-state index in [2.05, 4.69) is 31.6 Å². The van der Waals surface area contributed by atoms with Gasteiger partial charge in [-0.25, -0.2) is 4.79 Å². The van der Waals surface area contributed by atoms with Crippen LogP contribution in [0.5, 0.6) is 0 Å². The van der Waals surface area contributed by atoms with E-state index >= 15 is 0 Å². The predicted octanol–water partition coefficient (Wildman–Crippen LogP) is 3.97. The largest absolute Gasteiger partial charge is 0.481 e. The normalized spacial score (nSPS) is 15.4. The van der Waals surface area contributed by atoms with Crippen molar-refractivity contribution in [3.05, 3.63) is 119 Å². The molecule has 7 N–H and O–H groups in total. The molecule has 5 aromatic rings. The first-order chi connectivity index (χ1) is 27.2. The predicted molar refractivity (Wildman–Crippen MR) is 213 cm³/mol. The molecule has 1 aliphatic heterocycles. The summed E-state index contributed by atoms with van der Waals surface area (Å²) in [5.74, 6) is -4.75. The monoisotopic (exact) mass is 774 g/mol. The Morgan fingerprint density at radius 3 is 2.19 bits per heavy atom. The number of benzene rings is 4. The minimum atomic E-state index is -1.68. The lowest BCUT2D eigenvalue weighted by Gasteiger charge is -2.27. The molecule has 0 saturated heterocycles. The first kappa shape index (κ1) is 40.1. The van der Waals surface area contributed by atoms with Gasteiger partial charge in [0.1, 0.15) is 29.8 Å². The van der Waals surface area contributed by atoms with Crippen LogP contribution in [-0.4, -0.2) is 76.1 Å². The van der Waals surface area contributed by atoms with Gasteiger partial charge in [-0.1, -0.05) is 84.9 Å². The highest BCUT2D eigenvalue weighted by molar-refractivity contribution is 6.03. The van der Waals surface area contributed by atoms with Crippen LogP contribution in [0.4, 0.5) is 4.79 Å². The highest BCUT2D eigenvalue weighted by Crippen LogP contribution is 2.23. The molecule has 0 spiro atoms. The Labute approximate surface area is 329 Å². The Hall–Kier alpha value is -6.54. The van der Waals surface area contributed by atoms with Crippen LogP contribution in [0.2, 0.25) is 0 Å². The van der Waals surface area contributed by atoms with Crippen LogP contribution < -0.4 is 26.6 Å². The molecule has 0 saturated carbocycles. The maximum Gasteiger partial charge on any atom is 0.408 e. The van der Waals surface area contributed by atoms with E-state index in [1.54, 1.807) is 45.2 Å². The van der Waals surface area contributed by atoms with Crippen molar-refractivity contribution in [1.82, 2.24) is 31.6 Å². The maximum atomic E-state index is 14.2. The molecule has 1 aromatic heterocycles. The summed E-state index contributed by atoms with van der Waals surface area (Å²) in [5, 5.41) is 25.7. The molecule has 2 heterocycles. The third-order valence-corrected chi connectivity index (χ3v) is 9.62. The summed E-state index contributed by atoms with van der Waals surface area (Å²) in [5.41, 5.74) is 2.95. The lowest BCUT2D eigenvalue weighted by molar-refractivity contribution is -0.142. The summed E-state index contributed by atoms with van der Waals surface area (Å²) in [6.45, 7) is 5.55. The van der Waals surface area contributed by atoms with Crippen molar-refractivity contribution in [2.45, 2.75) is 76.2 Å². The van der Waals surface area contributed by atoms with Gasteiger partial charge in [0.15, 0.2) is 0 Å². The summed E-state index contributed by atoms with van der Waals surface area (Å²) >= 11 is 0. The number of carbonyl (C=O) groups is 6. The summed E-state index contributed by atoms with van der Waals surface area (Å²) in [4.78, 5) is 83.6. The fraction of sp³-hybridized carbons (Fsp3) is 0.302. The molecular weight excluding hydrogens is 729 g/mol. The molecule has 0 radical (unpaired) electrons. The summed E-state index contributed by atoms with van der Waals surface area (Å²) < 4.78 is 5.48. The van der Waals surface area contributed by atoms with Crippen LogP contribution in [0.1, 0.15) is 55.5 Å². The standard InChI is InChI=1S/C43H46N6O8/c1-43(2,3)57-42(56)48-34(22-29-24-45-32-15-9-8-13-30(29)32)39(53)46-33(21-25-16-17-26-10-4-5-12-28(26)20-25)38(52)47-35(23-36(50)51)40(54)49-41(55)37-31-14-7-6-11-27(31)18-19-44-37/h4-17,20,24,33-35,37,44-45H,18-19,21-23H2,1-3H3,(H,46,53)(H,47,52)(H,48,56)(H,50,51)(H,49,54,55)/t33-,34-,35-,37?/m0/s1. The number of aliphatic carboxylic acids is 1. The minimum absolute atomic E-state index is 0.0177. The summed E-state index contributed by atoms with van der Waals surface area (Å²) in [7, 11) is 0. The number of carboxylic acid groups (broad SMARTS) is 1. The minimum Gasteiger partial charge on any atom is -0.481 e. The number of rotatable bonds is 13. The van der Waals surface area contributed by atoms with Gasteiger partial charge >= 0.3 is 12.1 Å². The lowest BCUT2D eigenvalue weighted by Crippen LogP contribution is -2.58. The molecule has 14 heteroatoms. The molecule has 57 heavy (non-hydrogen) atoms. The van der Waals surface area contributed by atoms with Crippen molar-refractivity contribution in [2.24, 2.45) is 0 Å². The van der Waals surface area contributed by atoms with Gasteiger partial charge in [0.05, 0.1) is 6.42 Å². The number of para-hydroxylation sites is 1. The van der Waals surface area contributed by atoms with Crippen LogP contribution in [0.15, 0.2) is 97.2 Å². The van der Waals surface area contributed by atoms with E-state index in [0.717, 1.165) is 32.8 Å². The molecule has 296 valence electrons. The molecule has 4 aromatic carbocycles. The smallest absolute Gasteiger partial charge is 0.408 e. The van der Waals surface area contributed by atoms with Crippen molar-refractivity contribution in [3.8, 4) is 0 Å². The quantitative estimate of drug-likeness (QED) is 0.0923. The van der Waals surface area contributed by atoms with E-state index in [1.807, 2.05) is 72.8 Å². The molecule has 5 amide bonds. The summed E-state index contributed by atoms with van der Waals surface area (Å²) in [6.07, 6.45) is 0.669. The van der Waals surface area contributed by atoms with Crippen molar-refractivity contribution in [2.75, 3.05) is 6.54 Å². The van der Waals surface area contributed by atoms with Gasteiger partial charge in [0.25, 0.3) is 0 Å². The van der Waals surface area contributed by atoms with E-state index in [9.17, 15) is 33.9 Å². The second-order valence-corrected chi connectivity index (χ2v) is 15.1. The van der Waals surface area contributed by atoms with Crippen LogP contribution in [0, 0.1) is 0 Å². The zero-order valence-corrected chi connectivity index (χ0v) is 31.9. The van der Waals surface area contributed by atoms with Gasteiger partial charge in [0.2, 0.25) is 23.6 Å². The number of aromatic nitrogens is 1. The van der Waals surface area contributed by atoms with Crippen LogP contribution in [0.25, 0.3) is 21.7 Å². The second kappa shape index (κ2) is 17.5. The number of ether oxygens (including phenoxy) is 1. The fourth-order valence-corrected chi connectivity index (χ4v) is 6.94.